The predicted octanol–water partition coefficient (Wildman–Crippen LogP) is 0.785. The predicted molar refractivity (Wildman–Crippen MR) is 71.8 cm³/mol. The summed E-state index contributed by atoms with van der Waals surface area (Å²) in [5.41, 5.74) is 6.24. The molecule has 1 aromatic heterocycles. The lowest BCUT2D eigenvalue weighted by Crippen LogP contribution is -2.27. The van der Waals surface area contributed by atoms with Crippen molar-refractivity contribution in [3.05, 3.63) is 15.6 Å². The number of hydrogen-bond donors (Lipinski definition) is 2. The fourth-order valence-electron chi connectivity index (χ4n) is 1.46. The molecule has 1 aliphatic rings. The van der Waals surface area contributed by atoms with E-state index in [1.807, 2.05) is 6.92 Å². The van der Waals surface area contributed by atoms with Crippen molar-refractivity contribution in [3.8, 4) is 0 Å². The van der Waals surface area contributed by atoms with Crippen LogP contribution in [0.25, 0.3) is 0 Å². The van der Waals surface area contributed by atoms with Crippen LogP contribution in [0, 0.1) is 6.92 Å². The first-order valence-electron chi connectivity index (χ1n) is 5.35. The van der Waals surface area contributed by atoms with E-state index in [4.69, 9.17) is 5.73 Å². The van der Waals surface area contributed by atoms with Crippen molar-refractivity contribution < 1.29 is 4.79 Å². The molecule has 0 unspecified atom stereocenters. The van der Waals surface area contributed by atoms with Crippen LogP contribution in [0.5, 0.6) is 0 Å². The number of aliphatic imine (C=N–C) groups is 1. The second-order valence-electron chi connectivity index (χ2n) is 3.55. The van der Waals surface area contributed by atoms with Crippen LogP contribution in [0.15, 0.2) is 4.99 Å². The van der Waals surface area contributed by atoms with Crippen LogP contribution in [0.3, 0.4) is 0 Å². The van der Waals surface area contributed by atoms with Crippen molar-refractivity contribution in [1.29, 1.82) is 0 Å². The zero-order valence-electron chi connectivity index (χ0n) is 9.52. The second-order valence-corrected chi connectivity index (χ2v) is 5.72. The minimum atomic E-state index is -0.114. The number of nitrogens with one attached hydrogen (secondary N) is 1. The van der Waals surface area contributed by atoms with Gasteiger partial charge in [0, 0.05) is 12.2 Å². The Morgan fingerprint density at radius 2 is 2.41 bits per heavy atom. The van der Waals surface area contributed by atoms with E-state index in [1.165, 1.54) is 11.3 Å². The first-order valence-corrected chi connectivity index (χ1v) is 7.16. The van der Waals surface area contributed by atoms with Crippen LogP contribution >= 0.6 is 23.1 Å². The van der Waals surface area contributed by atoms with Gasteiger partial charge in [0.15, 0.2) is 5.17 Å². The lowest BCUT2D eigenvalue weighted by atomic mass is 10.4. The molecule has 1 aliphatic heterocycles. The number of thioether (sulfide) groups is 1. The van der Waals surface area contributed by atoms with Crippen molar-refractivity contribution in [1.82, 2.24) is 10.3 Å². The van der Waals surface area contributed by atoms with Crippen LogP contribution < -0.4 is 11.1 Å². The molecule has 0 aromatic carbocycles. The van der Waals surface area contributed by atoms with E-state index >= 15 is 0 Å². The van der Waals surface area contributed by atoms with E-state index in [1.54, 1.807) is 11.8 Å². The highest BCUT2D eigenvalue weighted by Crippen LogP contribution is 2.19. The van der Waals surface area contributed by atoms with Crippen molar-refractivity contribution in [2.45, 2.75) is 13.3 Å². The molecule has 17 heavy (non-hydrogen) atoms. The zero-order valence-corrected chi connectivity index (χ0v) is 11.2. The third-order valence-corrected chi connectivity index (χ3v) is 4.32. The number of aromatic nitrogens is 1. The number of rotatable bonds is 3. The number of hydrogen-bond acceptors (Lipinski definition) is 6. The van der Waals surface area contributed by atoms with E-state index < -0.39 is 0 Å². The van der Waals surface area contributed by atoms with Gasteiger partial charge in [-0.25, -0.2) is 4.98 Å². The maximum atomic E-state index is 12.0. The average Bonchev–Trinajstić information content (AvgIpc) is 2.88. The Morgan fingerprint density at radius 1 is 1.59 bits per heavy atom. The zero-order chi connectivity index (χ0) is 12.3. The van der Waals surface area contributed by atoms with Gasteiger partial charge < -0.3 is 11.1 Å². The lowest BCUT2D eigenvalue weighted by molar-refractivity contribution is 0.0981. The van der Waals surface area contributed by atoms with Crippen molar-refractivity contribution in [3.63, 3.8) is 0 Å². The molecule has 0 saturated heterocycles. The largest absolute Gasteiger partial charge is 0.330 e. The van der Waals surface area contributed by atoms with E-state index in [2.05, 4.69) is 15.3 Å². The molecule has 0 spiro atoms. The molecule has 7 heteroatoms. The third-order valence-electron chi connectivity index (χ3n) is 2.21. The van der Waals surface area contributed by atoms with Crippen molar-refractivity contribution in [2.24, 2.45) is 10.7 Å². The molecule has 0 fully saturated rings. The van der Waals surface area contributed by atoms with Crippen molar-refractivity contribution >= 4 is 34.2 Å². The molecule has 5 nitrogen and oxygen atoms in total. The van der Waals surface area contributed by atoms with E-state index in [0.717, 1.165) is 23.0 Å². The fourth-order valence-corrected chi connectivity index (χ4v) is 3.16. The fraction of sp³-hybridized carbons (Fsp3) is 0.500. The van der Waals surface area contributed by atoms with Gasteiger partial charge in [-0.3, -0.25) is 9.79 Å². The molecule has 92 valence electrons. The van der Waals surface area contributed by atoms with Gasteiger partial charge in [0.25, 0.3) is 5.91 Å². The Balaban J connectivity index is 2.07. The average molecular weight is 270 g/mol. The van der Waals surface area contributed by atoms with Crippen LogP contribution in [-0.2, 0) is 6.42 Å². The first kappa shape index (κ1) is 12.5. The summed E-state index contributed by atoms with van der Waals surface area (Å²) in [5.74, 6) is 0.826. The van der Waals surface area contributed by atoms with Gasteiger partial charge >= 0.3 is 0 Å². The lowest BCUT2D eigenvalue weighted by Gasteiger charge is -2.01. The number of carbonyl (C=O) groups is 1. The summed E-state index contributed by atoms with van der Waals surface area (Å²) in [6.45, 7) is 3.17. The van der Waals surface area contributed by atoms with E-state index in [-0.39, 0.29) is 5.91 Å². The summed E-state index contributed by atoms with van der Waals surface area (Å²) in [4.78, 5) is 21.1. The quantitative estimate of drug-likeness (QED) is 0.851. The SMILES string of the molecule is Cc1nc(CCN)sc1C(=O)NC1=NCCS1. The van der Waals surface area contributed by atoms with Crippen LogP contribution in [0.2, 0.25) is 0 Å². The molecule has 2 heterocycles. The maximum absolute atomic E-state index is 12.0. The molecular formula is C10H14N4OS2. The second kappa shape index (κ2) is 5.61. The Hall–Kier alpha value is -0.920. The topological polar surface area (TPSA) is 80.4 Å². The van der Waals surface area contributed by atoms with Crippen LogP contribution in [0.4, 0.5) is 0 Å². The molecular weight excluding hydrogens is 256 g/mol. The number of nitrogens with two attached hydrogens (primary N) is 1. The highest BCUT2D eigenvalue weighted by atomic mass is 32.2. The molecule has 1 amide bonds. The maximum Gasteiger partial charge on any atom is 0.269 e. The molecule has 1 aromatic rings. The molecule has 0 aliphatic carbocycles. The molecule has 0 bridgehead atoms. The van der Waals surface area contributed by atoms with Gasteiger partial charge in [-0.05, 0) is 13.5 Å². The summed E-state index contributed by atoms with van der Waals surface area (Å²) in [6.07, 6.45) is 0.717. The first-order chi connectivity index (χ1) is 8.20. The number of nitrogens with zero attached hydrogens (tertiary/aromatic N) is 2. The number of thiazole rings is 1. The molecule has 0 saturated carbocycles. The molecule has 3 N–H and O–H groups in total. The van der Waals surface area contributed by atoms with Crippen molar-refractivity contribution in [2.75, 3.05) is 18.8 Å². The summed E-state index contributed by atoms with van der Waals surface area (Å²) in [6, 6.07) is 0. The van der Waals surface area contributed by atoms with Gasteiger partial charge in [0.1, 0.15) is 4.88 Å². The summed E-state index contributed by atoms with van der Waals surface area (Å²) < 4.78 is 0. The Kier molecular flexibility index (Phi) is 4.14. The van der Waals surface area contributed by atoms with Crippen LogP contribution in [-0.4, -0.2) is 34.9 Å². The minimum Gasteiger partial charge on any atom is -0.330 e. The summed E-state index contributed by atoms with van der Waals surface area (Å²) in [7, 11) is 0. The van der Waals surface area contributed by atoms with Gasteiger partial charge in [-0.15, -0.1) is 11.3 Å². The minimum absolute atomic E-state index is 0.114. The standard InChI is InChI=1S/C10H14N4OS2/c1-6-8(17-7(13-6)2-3-11)9(15)14-10-12-4-5-16-10/h2-5,11H2,1H3,(H,12,14,15). The number of amides is 1. The smallest absolute Gasteiger partial charge is 0.269 e. The Labute approximate surface area is 108 Å². The molecule has 0 atom stereocenters. The van der Waals surface area contributed by atoms with Gasteiger partial charge in [-0.1, -0.05) is 11.8 Å². The van der Waals surface area contributed by atoms with Crippen LogP contribution in [0.1, 0.15) is 20.4 Å². The number of aryl methyl sites for hydroxylation is 1. The van der Waals surface area contributed by atoms with Gasteiger partial charge in [0.2, 0.25) is 0 Å². The monoisotopic (exact) mass is 270 g/mol. The third kappa shape index (κ3) is 3.05. The summed E-state index contributed by atoms with van der Waals surface area (Å²) in [5, 5.41) is 4.43. The highest BCUT2D eigenvalue weighted by Gasteiger charge is 2.17. The van der Waals surface area contributed by atoms with E-state index in [9.17, 15) is 4.79 Å². The highest BCUT2D eigenvalue weighted by molar-refractivity contribution is 8.14. The summed E-state index contributed by atoms with van der Waals surface area (Å²) >= 11 is 2.98. The number of amidine groups is 1. The Morgan fingerprint density at radius 3 is 3.06 bits per heavy atom. The van der Waals surface area contributed by atoms with Gasteiger partial charge in [0.05, 0.1) is 17.2 Å². The van der Waals surface area contributed by atoms with E-state index in [0.29, 0.717) is 23.0 Å². The van der Waals surface area contributed by atoms with Gasteiger partial charge in [-0.2, -0.15) is 0 Å². The molecule has 2 rings (SSSR count). The normalized spacial score (nSPS) is 14.8. The molecule has 0 radical (unpaired) electrons. The number of carbonyl (C=O) groups excluding carboxylic acids is 1. The Bertz CT molecular complexity index is 455.